The van der Waals surface area contributed by atoms with Crippen molar-refractivity contribution in [2.24, 2.45) is 0 Å². The largest absolute Gasteiger partial charge is 0.493 e. The van der Waals surface area contributed by atoms with Gasteiger partial charge in [-0.1, -0.05) is 30.3 Å². The van der Waals surface area contributed by atoms with Gasteiger partial charge in [-0.25, -0.2) is 0 Å². The van der Waals surface area contributed by atoms with Gasteiger partial charge in [0.15, 0.2) is 11.5 Å². The summed E-state index contributed by atoms with van der Waals surface area (Å²) in [6, 6.07) is 13.7. The standard InChI is InChI=1S/C21H27NO4S.ClH/c1-25-19-10-6-8-16-12-13-18(26-21(16)19)9-4-5-14-22-15-17-7-2-3-11-20(17)27(22,23)24;/h2-3,6-8,10-11,18,23-24H,4-5,9,12-15H2,1H3;1H. The number of nitrogens with zero attached hydrogens (tertiary/aromatic N) is 1. The number of fused-ring (bicyclic) bond motifs is 2. The maximum Gasteiger partial charge on any atom is 0.164 e. The summed E-state index contributed by atoms with van der Waals surface area (Å²) < 4.78 is 34.5. The Morgan fingerprint density at radius 1 is 1.11 bits per heavy atom. The molecule has 1 unspecified atom stereocenters. The molecular formula is C21H28ClNO4S. The quantitative estimate of drug-likeness (QED) is 0.596. The number of unbranched alkanes of at least 4 members (excludes halogenated alkanes) is 1. The van der Waals surface area contributed by atoms with E-state index in [4.69, 9.17) is 9.47 Å². The number of para-hydroxylation sites is 1. The van der Waals surface area contributed by atoms with Crippen molar-refractivity contribution in [3.05, 3.63) is 53.6 Å². The van der Waals surface area contributed by atoms with E-state index < -0.39 is 10.8 Å². The van der Waals surface area contributed by atoms with E-state index in [9.17, 15) is 9.11 Å². The maximum absolute atomic E-state index is 10.5. The highest BCUT2D eigenvalue weighted by atomic mass is 35.5. The molecule has 0 saturated heterocycles. The zero-order valence-corrected chi connectivity index (χ0v) is 17.7. The van der Waals surface area contributed by atoms with Gasteiger partial charge in [0, 0.05) is 13.1 Å². The average Bonchev–Trinajstić information content (AvgIpc) is 2.95. The van der Waals surface area contributed by atoms with Crippen LogP contribution in [-0.4, -0.2) is 33.2 Å². The van der Waals surface area contributed by atoms with Crippen molar-refractivity contribution < 1.29 is 18.6 Å². The molecule has 0 aliphatic carbocycles. The van der Waals surface area contributed by atoms with Gasteiger partial charge in [0.25, 0.3) is 0 Å². The van der Waals surface area contributed by atoms with Gasteiger partial charge in [0.05, 0.1) is 18.1 Å². The van der Waals surface area contributed by atoms with Gasteiger partial charge in [-0.05, 0) is 55.4 Å². The van der Waals surface area contributed by atoms with Crippen molar-refractivity contribution in [1.82, 2.24) is 4.31 Å². The minimum atomic E-state index is -2.82. The number of halogens is 1. The molecule has 7 heteroatoms. The number of methoxy groups -OCH3 is 1. The topological polar surface area (TPSA) is 62.2 Å². The summed E-state index contributed by atoms with van der Waals surface area (Å²) in [6.45, 7) is 1.30. The Kier molecular flexibility index (Phi) is 6.78. The summed E-state index contributed by atoms with van der Waals surface area (Å²) in [5.74, 6) is 1.70. The zero-order valence-electron chi connectivity index (χ0n) is 16.0. The Hall–Kier alpha value is -1.44. The molecule has 4 rings (SSSR count). The molecule has 0 spiro atoms. The molecule has 2 aliphatic rings. The number of hydrogen-bond donors (Lipinski definition) is 2. The Morgan fingerprint density at radius 3 is 2.68 bits per heavy atom. The molecule has 0 bridgehead atoms. The molecule has 0 aromatic heterocycles. The minimum Gasteiger partial charge on any atom is -0.493 e. The fourth-order valence-electron chi connectivity index (χ4n) is 3.99. The van der Waals surface area contributed by atoms with Crippen molar-refractivity contribution in [3.63, 3.8) is 0 Å². The van der Waals surface area contributed by atoms with Gasteiger partial charge >= 0.3 is 0 Å². The summed E-state index contributed by atoms with van der Waals surface area (Å²) in [5, 5.41) is 0. The summed E-state index contributed by atoms with van der Waals surface area (Å²) in [7, 11) is -1.14. The second-order valence-corrected chi connectivity index (χ2v) is 9.21. The summed E-state index contributed by atoms with van der Waals surface area (Å²) in [5.41, 5.74) is 2.24. The first kappa shape index (κ1) is 21.3. The highest BCUT2D eigenvalue weighted by Gasteiger charge is 2.34. The van der Waals surface area contributed by atoms with E-state index in [1.54, 1.807) is 7.11 Å². The average molecular weight is 426 g/mol. The van der Waals surface area contributed by atoms with Crippen LogP contribution in [-0.2, 0) is 13.0 Å². The molecule has 0 fully saturated rings. The third kappa shape index (κ3) is 4.11. The van der Waals surface area contributed by atoms with Crippen LogP contribution in [0.4, 0.5) is 0 Å². The van der Waals surface area contributed by atoms with E-state index in [1.165, 1.54) is 5.56 Å². The minimum absolute atomic E-state index is 0. The summed E-state index contributed by atoms with van der Waals surface area (Å²) in [6.07, 6.45) is 5.12. The Morgan fingerprint density at radius 2 is 1.89 bits per heavy atom. The molecule has 28 heavy (non-hydrogen) atoms. The first-order valence-electron chi connectivity index (χ1n) is 9.53. The SMILES string of the molecule is COc1cccc2c1OC(CCCCN1Cc3ccccc3S1(O)O)CC2.Cl. The fraction of sp³-hybridized carbons (Fsp3) is 0.429. The number of hydrogen-bond acceptors (Lipinski definition) is 5. The molecule has 2 aromatic rings. The molecule has 0 amide bonds. The Bertz CT molecular complexity index is 802. The van der Waals surface area contributed by atoms with E-state index >= 15 is 0 Å². The molecule has 0 radical (unpaired) electrons. The predicted molar refractivity (Wildman–Crippen MR) is 115 cm³/mol. The van der Waals surface area contributed by atoms with Crippen LogP contribution in [0, 0.1) is 0 Å². The number of aryl methyl sites for hydroxylation is 1. The first-order valence-corrected chi connectivity index (χ1v) is 11.0. The van der Waals surface area contributed by atoms with Crippen LogP contribution >= 0.6 is 23.2 Å². The van der Waals surface area contributed by atoms with Gasteiger partial charge in [0.1, 0.15) is 0 Å². The van der Waals surface area contributed by atoms with Crippen molar-refractivity contribution in [1.29, 1.82) is 0 Å². The van der Waals surface area contributed by atoms with Gasteiger partial charge in [-0.3, -0.25) is 9.11 Å². The van der Waals surface area contributed by atoms with Crippen LogP contribution in [0.5, 0.6) is 11.5 Å². The molecule has 1 atom stereocenters. The highest BCUT2D eigenvalue weighted by Crippen LogP contribution is 2.58. The lowest BCUT2D eigenvalue weighted by molar-refractivity contribution is 0.153. The van der Waals surface area contributed by atoms with Crippen LogP contribution in [0.15, 0.2) is 47.4 Å². The van der Waals surface area contributed by atoms with Gasteiger partial charge < -0.3 is 9.47 Å². The van der Waals surface area contributed by atoms with Crippen LogP contribution in [0.2, 0.25) is 0 Å². The maximum atomic E-state index is 10.5. The van der Waals surface area contributed by atoms with E-state index in [-0.39, 0.29) is 18.5 Å². The third-order valence-electron chi connectivity index (χ3n) is 5.46. The predicted octanol–water partition coefficient (Wildman–Crippen LogP) is 5.52. The molecular weight excluding hydrogens is 398 g/mol. The number of benzene rings is 2. The molecule has 2 aromatic carbocycles. The lowest BCUT2D eigenvalue weighted by Gasteiger charge is -2.37. The van der Waals surface area contributed by atoms with E-state index in [0.717, 1.165) is 49.2 Å². The molecule has 0 saturated carbocycles. The van der Waals surface area contributed by atoms with Crippen molar-refractivity contribution in [3.8, 4) is 11.5 Å². The first-order chi connectivity index (χ1) is 13.1. The third-order valence-corrected chi connectivity index (χ3v) is 7.48. The monoisotopic (exact) mass is 425 g/mol. The van der Waals surface area contributed by atoms with E-state index in [1.807, 2.05) is 40.7 Å². The highest BCUT2D eigenvalue weighted by molar-refractivity contribution is 8.22. The van der Waals surface area contributed by atoms with Crippen molar-refractivity contribution in [2.75, 3.05) is 13.7 Å². The molecule has 2 N–H and O–H groups in total. The molecule has 5 nitrogen and oxygen atoms in total. The molecule has 154 valence electrons. The van der Waals surface area contributed by atoms with Crippen molar-refractivity contribution in [2.45, 2.75) is 49.6 Å². The van der Waals surface area contributed by atoms with Crippen LogP contribution < -0.4 is 9.47 Å². The van der Waals surface area contributed by atoms with Crippen LogP contribution in [0.1, 0.15) is 36.8 Å². The smallest absolute Gasteiger partial charge is 0.164 e. The molecule has 2 heterocycles. The fourth-order valence-corrected chi connectivity index (χ4v) is 5.71. The zero-order chi connectivity index (χ0) is 18.9. The number of rotatable bonds is 6. The van der Waals surface area contributed by atoms with E-state index in [2.05, 4.69) is 6.07 Å². The van der Waals surface area contributed by atoms with Gasteiger partial charge in [0.2, 0.25) is 0 Å². The number of ether oxygens (including phenoxy) is 2. The second kappa shape index (κ2) is 8.93. The van der Waals surface area contributed by atoms with Crippen LogP contribution in [0.3, 0.4) is 0 Å². The normalized spacial score (nSPS) is 21.0. The Labute approximate surface area is 174 Å². The lowest BCUT2D eigenvalue weighted by Crippen LogP contribution is -2.25. The van der Waals surface area contributed by atoms with Gasteiger partial charge in [-0.15, -0.1) is 23.2 Å². The van der Waals surface area contributed by atoms with Crippen molar-refractivity contribution >= 4 is 23.2 Å². The summed E-state index contributed by atoms with van der Waals surface area (Å²) >= 11 is 0. The Balaban J connectivity index is 0.00000225. The van der Waals surface area contributed by atoms with Crippen LogP contribution in [0.25, 0.3) is 0 Å². The molecule has 2 aliphatic heterocycles. The summed E-state index contributed by atoms with van der Waals surface area (Å²) in [4.78, 5) is 0.685. The van der Waals surface area contributed by atoms with Gasteiger partial charge in [-0.2, -0.15) is 4.31 Å². The second-order valence-electron chi connectivity index (χ2n) is 7.21. The van der Waals surface area contributed by atoms with E-state index in [0.29, 0.717) is 18.0 Å². The lowest BCUT2D eigenvalue weighted by atomic mass is 9.98.